The summed E-state index contributed by atoms with van der Waals surface area (Å²) in [4.78, 5) is 27.1. The number of nitrogens with one attached hydrogen (secondary N) is 1. The van der Waals surface area contributed by atoms with Gasteiger partial charge in [-0.1, -0.05) is 24.3 Å². The fourth-order valence-electron chi connectivity index (χ4n) is 3.61. The van der Waals surface area contributed by atoms with Crippen LogP contribution < -0.4 is 14.4 Å². The zero-order valence-corrected chi connectivity index (χ0v) is 21.5. The van der Waals surface area contributed by atoms with Crippen molar-refractivity contribution < 1.29 is 27.1 Å². The van der Waals surface area contributed by atoms with E-state index < -0.39 is 21.9 Å². The van der Waals surface area contributed by atoms with Crippen LogP contribution in [-0.4, -0.2) is 57.1 Å². The minimum absolute atomic E-state index is 0.0216. The lowest BCUT2D eigenvalue weighted by Gasteiger charge is -2.29. The molecule has 0 fully saturated rings. The van der Waals surface area contributed by atoms with E-state index >= 15 is 0 Å². The second kappa shape index (κ2) is 13.1. The maximum Gasteiger partial charge on any atom is 0.242 e. The van der Waals surface area contributed by atoms with Crippen molar-refractivity contribution in [2.24, 2.45) is 0 Å². The van der Waals surface area contributed by atoms with E-state index in [1.165, 1.54) is 21.3 Å². The Labute approximate surface area is 207 Å². The molecule has 0 heterocycles. The topological polar surface area (TPSA) is 96.0 Å². The number of amides is 2. The molecule has 0 aromatic heterocycles. The number of anilines is 1. The van der Waals surface area contributed by atoms with Gasteiger partial charge in [-0.3, -0.25) is 13.9 Å². The van der Waals surface area contributed by atoms with Gasteiger partial charge in [-0.15, -0.1) is 0 Å². The van der Waals surface area contributed by atoms with Crippen molar-refractivity contribution in [3.63, 3.8) is 0 Å². The van der Waals surface area contributed by atoms with Crippen molar-refractivity contribution >= 4 is 27.5 Å². The lowest BCUT2D eigenvalue weighted by molar-refractivity contribution is -0.140. The molecule has 10 heteroatoms. The van der Waals surface area contributed by atoms with E-state index in [1.807, 2.05) is 6.92 Å². The van der Waals surface area contributed by atoms with E-state index in [0.29, 0.717) is 30.2 Å². The van der Waals surface area contributed by atoms with Crippen LogP contribution in [-0.2, 0) is 26.2 Å². The number of ether oxygens (including phenoxy) is 1. The molecule has 0 aliphatic rings. The Hall–Kier alpha value is -3.14. The molecular weight excluding hydrogens is 473 g/mol. The van der Waals surface area contributed by atoms with Gasteiger partial charge in [-0.25, -0.2) is 12.8 Å². The number of para-hydroxylation sites is 2. The number of rotatable bonds is 13. The first kappa shape index (κ1) is 28.1. The Kier molecular flexibility index (Phi) is 10.5. The van der Waals surface area contributed by atoms with Gasteiger partial charge in [0.1, 0.15) is 17.6 Å². The molecule has 2 aromatic rings. The van der Waals surface area contributed by atoms with Crippen molar-refractivity contribution in [2.45, 2.75) is 46.2 Å². The van der Waals surface area contributed by atoms with Crippen LogP contribution in [0.15, 0.2) is 48.5 Å². The minimum atomic E-state index is -3.64. The highest BCUT2D eigenvalue weighted by Crippen LogP contribution is 2.30. The van der Waals surface area contributed by atoms with Crippen molar-refractivity contribution in [1.29, 1.82) is 0 Å². The molecule has 1 atom stereocenters. The lowest BCUT2D eigenvalue weighted by Crippen LogP contribution is -2.47. The smallest absolute Gasteiger partial charge is 0.242 e. The van der Waals surface area contributed by atoms with Crippen molar-refractivity contribution in [1.82, 2.24) is 10.2 Å². The number of hydrogen-bond donors (Lipinski definition) is 1. The molecule has 35 heavy (non-hydrogen) atoms. The van der Waals surface area contributed by atoms with Gasteiger partial charge in [-0.05, 0) is 57.0 Å². The third-order valence-electron chi connectivity index (χ3n) is 5.37. The third-order valence-corrected chi connectivity index (χ3v) is 6.55. The molecule has 0 radical (unpaired) electrons. The van der Waals surface area contributed by atoms with Crippen LogP contribution in [0, 0.1) is 5.82 Å². The van der Waals surface area contributed by atoms with Crippen LogP contribution in [0.1, 0.15) is 39.2 Å². The maximum absolute atomic E-state index is 13.3. The average molecular weight is 508 g/mol. The zero-order valence-electron chi connectivity index (χ0n) is 20.7. The number of nitrogens with zero attached hydrogens (tertiary/aromatic N) is 2. The summed E-state index contributed by atoms with van der Waals surface area (Å²) in [7, 11) is -3.64. The van der Waals surface area contributed by atoms with Crippen LogP contribution in [0.2, 0.25) is 0 Å². The van der Waals surface area contributed by atoms with Gasteiger partial charge >= 0.3 is 0 Å². The van der Waals surface area contributed by atoms with E-state index in [4.69, 9.17) is 4.74 Å². The monoisotopic (exact) mass is 507 g/mol. The maximum atomic E-state index is 13.3. The Bertz CT molecular complexity index is 1090. The summed E-state index contributed by atoms with van der Waals surface area (Å²) in [6, 6.07) is 11.8. The van der Waals surface area contributed by atoms with E-state index in [9.17, 15) is 22.4 Å². The highest BCUT2D eigenvalue weighted by Gasteiger charge is 2.27. The predicted octanol–water partition coefficient (Wildman–Crippen LogP) is 3.32. The first-order valence-electron chi connectivity index (χ1n) is 11.6. The molecule has 0 unspecified atom stereocenters. The molecule has 0 bridgehead atoms. The largest absolute Gasteiger partial charge is 0.492 e. The van der Waals surface area contributed by atoms with Gasteiger partial charge < -0.3 is 15.0 Å². The summed E-state index contributed by atoms with van der Waals surface area (Å²) in [5.74, 6) is -0.558. The molecule has 8 nitrogen and oxygen atoms in total. The number of likely N-dealkylation sites (N-methyl/N-ethyl adjacent to an activating group) is 1. The van der Waals surface area contributed by atoms with Crippen molar-refractivity contribution in [3.8, 4) is 5.75 Å². The molecular formula is C25H34FN3O5S. The summed E-state index contributed by atoms with van der Waals surface area (Å²) in [6.45, 7) is 6.22. The summed E-state index contributed by atoms with van der Waals surface area (Å²) < 4.78 is 45.2. The number of benzene rings is 2. The van der Waals surface area contributed by atoms with Crippen LogP contribution in [0.4, 0.5) is 10.1 Å². The molecule has 0 aliphatic heterocycles. The average Bonchev–Trinajstić information content (AvgIpc) is 2.81. The third kappa shape index (κ3) is 8.24. The summed E-state index contributed by atoms with van der Waals surface area (Å²) in [5.41, 5.74) is 1.09. The van der Waals surface area contributed by atoms with Crippen molar-refractivity contribution in [2.75, 3.05) is 30.3 Å². The van der Waals surface area contributed by atoms with Gasteiger partial charge in [0.25, 0.3) is 0 Å². The zero-order chi connectivity index (χ0) is 26.0. The second-order valence-corrected chi connectivity index (χ2v) is 9.96. The molecule has 0 saturated carbocycles. The Morgan fingerprint density at radius 2 is 1.74 bits per heavy atom. The van der Waals surface area contributed by atoms with Crippen LogP contribution in [0.5, 0.6) is 5.75 Å². The van der Waals surface area contributed by atoms with E-state index in [2.05, 4.69) is 5.32 Å². The van der Waals surface area contributed by atoms with Gasteiger partial charge in [-0.2, -0.15) is 0 Å². The normalized spacial score (nSPS) is 12.0. The molecule has 0 spiro atoms. The quantitative estimate of drug-likeness (QED) is 0.449. The van der Waals surface area contributed by atoms with Gasteiger partial charge in [0, 0.05) is 26.1 Å². The minimum Gasteiger partial charge on any atom is -0.492 e. The summed E-state index contributed by atoms with van der Waals surface area (Å²) >= 11 is 0. The van der Waals surface area contributed by atoms with Crippen molar-refractivity contribution in [3.05, 3.63) is 59.9 Å². The highest BCUT2D eigenvalue weighted by atomic mass is 32.2. The molecule has 2 aromatic carbocycles. The van der Waals surface area contributed by atoms with Gasteiger partial charge in [0.15, 0.2) is 0 Å². The summed E-state index contributed by atoms with van der Waals surface area (Å²) in [6.07, 6.45) is 1.36. The molecule has 192 valence electrons. The van der Waals surface area contributed by atoms with Gasteiger partial charge in [0.05, 0.1) is 18.6 Å². The fourth-order valence-corrected chi connectivity index (χ4v) is 4.58. The number of carbonyl (C=O) groups excluding carboxylic acids is 2. The van der Waals surface area contributed by atoms with Gasteiger partial charge in [0.2, 0.25) is 21.8 Å². The number of halogens is 1. The lowest BCUT2D eigenvalue weighted by atomic mass is 10.1. The number of carbonyl (C=O) groups is 2. The SMILES string of the molecule is CCNC(=O)[C@H](C)N(Cc1ccc(F)cc1)C(=O)CCCN(c1ccccc1OCC)S(C)(=O)=O. The molecule has 1 N–H and O–H groups in total. The number of hydrogen-bond acceptors (Lipinski definition) is 5. The van der Waals surface area contributed by atoms with Crippen LogP contribution >= 0.6 is 0 Å². The van der Waals surface area contributed by atoms with Crippen LogP contribution in [0.25, 0.3) is 0 Å². The van der Waals surface area contributed by atoms with Crippen LogP contribution in [0.3, 0.4) is 0 Å². The standard InChI is InChI=1S/C25H34FN3O5S/c1-5-27-25(31)19(3)28(18-20-13-15-21(26)16-14-20)24(30)12-9-17-29(35(4,32)33)22-10-7-8-11-23(22)34-6-2/h7-8,10-11,13-16,19H,5-6,9,12,17-18H2,1-4H3,(H,27,31)/t19-/m0/s1. The fraction of sp³-hybridized carbons (Fsp3) is 0.440. The summed E-state index contributed by atoms with van der Waals surface area (Å²) in [5, 5.41) is 2.72. The van der Waals surface area contributed by atoms with E-state index in [0.717, 1.165) is 6.26 Å². The Morgan fingerprint density at radius 3 is 2.34 bits per heavy atom. The molecule has 0 aliphatic carbocycles. The Morgan fingerprint density at radius 1 is 1.09 bits per heavy atom. The molecule has 2 rings (SSSR count). The number of sulfonamides is 1. The first-order chi connectivity index (χ1) is 16.6. The second-order valence-electron chi connectivity index (χ2n) is 8.06. The predicted molar refractivity (Wildman–Crippen MR) is 134 cm³/mol. The first-order valence-corrected chi connectivity index (χ1v) is 13.4. The van der Waals surface area contributed by atoms with E-state index in [1.54, 1.807) is 50.2 Å². The Balaban J connectivity index is 2.18. The molecule has 0 saturated heterocycles. The molecule has 2 amide bonds. The van der Waals surface area contributed by atoms with E-state index in [-0.39, 0.29) is 37.7 Å². The highest BCUT2D eigenvalue weighted by molar-refractivity contribution is 7.92.